The second kappa shape index (κ2) is 14.3. The van der Waals surface area contributed by atoms with Crippen molar-refractivity contribution in [3.8, 4) is 0 Å². The zero-order valence-electron chi connectivity index (χ0n) is 27.3. The number of ether oxygens (including phenoxy) is 2. The van der Waals surface area contributed by atoms with E-state index in [0.717, 1.165) is 5.56 Å². The summed E-state index contributed by atoms with van der Waals surface area (Å²) >= 11 is 3.61. The summed E-state index contributed by atoms with van der Waals surface area (Å²) in [4.78, 5) is 60.3. The number of benzene rings is 3. The smallest absolute Gasteiger partial charge is 0.313 e. The first-order valence-electron chi connectivity index (χ1n) is 16.9. The Morgan fingerprint density at radius 3 is 2.28 bits per heavy atom. The first kappa shape index (κ1) is 33.9. The van der Waals surface area contributed by atoms with Crippen LogP contribution in [-0.2, 0) is 35.2 Å². The van der Waals surface area contributed by atoms with E-state index in [4.69, 9.17) is 9.47 Å². The lowest BCUT2D eigenvalue weighted by Crippen LogP contribution is -2.56. The Morgan fingerprint density at radius 1 is 0.900 bits per heavy atom. The summed E-state index contributed by atoms with van der Waals surface area (Å²) in [6.07, 6.45) is 4.40. The number of esters is 1. The van der Waals surface area contributed by atoms with Crippen molar-refractivity contribution >= 4 is 39.6 Å². The Hall–Kier alpha value is -4.58. The van der Waals surface area contributed by atoms with Gasteiger partial charge in [0.05, 0.1) is 25.1 Å². The van der Waals surface area contributed by atoms with Crippen molar-refractivity contribution in [2.75, 3.05) is 19.7 Å². The second-order valence-electron chi connectivity index (χ2n) is 13.0. The van der Waals surface area contributed by atoms with Gasteiger partial charge in [-0.25, -0.2) is 0 Å². The van der Waals surface area contributed by atoms with Crippen LogP contribution in [0.4, 0.5) is 0 Å². The van der Waals surface area contributed by atoms with Gasteiger partial charge >= 0.3 is 5.97 Å². The minimum absolute atomic E-state index is 0.0377. The van der Waals surface area contributed by atoms with E-state index in [2.05, 4.69) is 21.2 Å². The molecular formula is C39H38BrN3O7. The highest BCUT2D eigenvalue weighted by Gasteiger charge is 2.75. The number of carbonyl (C=O) groups is 4. The van der Waals surface area contributed by atoms with Gasteiger partial charge in [0, 0.05) is 24.0 Å². The summed E-state index contributed by atoms with van der Waals surface area (Å²) in [5.41, 5.74) is 0.687. The maximum Gasteiger partial charge on any atom is 0.313 e. The summed E-state index contributed by atoms with van der Waals surface area (Å²) in [6, 6.07) is 25.6. The van der Waals surface area contributed by atoms with Crippen molar-refractivity contribution in [2.24, 2.45) is 11.8 Å². The van der Waals surface area contributed by atoms with E-state index in [0.29, 0.717) is 22.0 Å². The fourth-order valence-electron chi connectivity index (χ4n) is 7.72. The normalized spacial score (nSPS) is 29.6. The molecule has 10 nitrogen and oxygen atoms in total. The number of halogens is 1. The number of likely N-dealkylation sites (tertiary alicyclic amines) is 1. The fraction of sp³-hybridized carbons (Fsp3) is 0.333. The Balaban J connectivity index is 1.35. The maximum absolute atomic E-state index is 15.1. The molecule has 4 heterocycles. The molecule has 50 heavy (non-hydrogen) atoms. The standard InChI is InChI=1S/C39H38BrN3O7/c40-28-21-39-33-32(34(28)50-39)38(48)49-30(27-17-9-3-10-18-27)22-41-31(45)19-11-4-12-20-42(23-25-13-5-1-6-14-25)37(47)35(39)43(36(33)46)29(24-44)26-15-7-2-8-16-26/h1-10,12-18,21,29-30,32-35,44H,11,19-20,22-24H2,(H,41,45)/b12-4-/t29-,30+,32+,33-,34+,35+,39-/m1/s1. The highest BCUT2D eigenvalue weighted by Crippen LogP contribution is 2.60. The zero-order valence-corrected chi connectivity index (χ0v) is 28.9. The van der Waals surface area contributed by atoms with Gasteiger partial charge in [0.2, 0.25) is 17.7 Å². The lowest BCUT2D eigenvalue weighted by Gasteiger charge is -2.39. The molecule has 0 unspecified atom stereocenters. The quantitative estimate of drug-likeness (QED) is 0.284. The van der Waals surface area contributed by atoms with Crippen LogP contribution in [0.5, 0.6) is 0 Å². The monoisotopic (exact) mass is 739 g/mol. The van der Waals surface area contributed by atoms with Crippen molar-refractivity contribution in [3.05, 3.63) is 130 Å². The number of hydrogen-bond acceptors (Lipinski definition) is 7. The van der Waals surface area contributed by atoms with Gasteiger partial charge in [-0.3, -0.25) is 19.2 Å². The van der Waals surface area contributed by atoms with Crippen LogP contribution in [0.1, 0.15) is 41.7 Å². The van der Waals surface area contributed by atoms with Crippen LogP contribution in [0, 0.1) is 11.8 Å². The molecule has 3 aromatic carbocycles. The van der Waals surface area contributed by atoms with Gasteiger partial charge in [-0.2, -0.15) is 0 Å². The van der Waals surface area contributed by atoms with Gasteiger partial charge in [-0.15, -0.1) is 0 Å². The van der Waals surface area contributed by atoms with Crippen molar-refractivity contribution in [1.29, 1.82) is 0 Å². The Bertz CT molecular complexity index is 1800. The Kier molecular flexibility index (Phi) is 9.72. The summed E-state index contributed by atoms with van der Waals surface area (Å²) in [6.45, 7) is 0.00712. The SMILES string of the molecule is O=C1CC/C=C\CN(Cc2ccccc2)C(=O)[C@@H]2N([C@H](CO)c3ccccc3)C(=O)[C@H]3[C@H](C(=O)O[C@H](c4ccccc4)CN1)[C@H]1O[C@@]23C=C1Br. The third-order valence-corrected chi connectivity index (χ3v) is 10.7. The summed E-state index contributed by atoms with van der Waals surface area (Å²) < 4.78 is 13.4. The molecule has 7 atom stereocenters. The summed E-state index contributed by atoms with van der Waals surface area (Å²) in [7, 11) is 0. The van der Waals surface area contributed by atoms with Crippen LogP contribution in [0.15, 0.2) is 114 Å². The van der Waals surface area contributed by atoms with Crippen LogP contribution in [0.25, 0.3) is 0 Å². The van der Waals surface area contributed by atoms with Crippen molar-refractivity contribution < 1.29 is 33.8 Å². The second-order valence-corrected chi connectivity index (χ2v) is 14.0. The van der Waals surface area contributed by atoms with Crippen LogP contribution in [0.2, 0.25) is 0 Å². The number of allylic oxidation sites excluding steroid dienone is 1. The number of carbonyl (C=O) groups excluding carboxylic acids is 4. The van der Waals surface area contributed by atoms with Crippen molar-refractivity contribution in [1.82, 2.24) is 15.1 Å². The average molecular weight is 741 g/mol. The lowest BCUT2D eigenvalue weighted by atomic mass is 9.74. The fourth-order valence-corrected chi connectivity index (χ4v) is 8.46. The highest BCUT2D eigenvalue weighted by molar-refractivity contribution is 9.11. The Labute approximate surface area is 298 Å². The van der Waals surface area contributed by atoms with E-state index in [-0.39, 0.29) is 37.9 Å². The molecular weight excluding hydrogens is 702 g/mol. The summed E-state index contributed by atoms with van der Waals surface area (Å²) in [5, 5.41) is 13.8. The van der Waals surface area contributed by atoms with E-state index in [9.17, 15) is 19.5 Å². The number of hydrogen-bond donors (Lipinski definition) is 2. The van der Waals surface area contributed by atoms with Crippen molar-refractivity contribution in [3.63, 3.8) is 0 Å². The molecule has 3 aromatic rings. The number of nitrogens with one attached hydrogen (secondary N) is 1. The molecule has 7 rings (SSSR count). The molecule has 0 saturated carbocycles. The molecule has 4 aliphatic heterocycles. The molecule has 3 amide bonds. The van der Waals surface area contributed by atoms with Gasteiger partial charge in [0.25, 0.3) is 0 Å². The van der Waals surface area contributed by atoms with E-state index >= 15 is 4.79 Å². The van der Waals surface area contributed by atoms with Crippen LogP contribution in [-0.4, -0.2) is 76.0 Å². The minimum atomic E-state index is -1.52. The molecule has 2 fully saturated rings. The average Bonchev–Trinajstić information content (AvgIpc) is 3.73. The molecule has 258 valence electrons. The molecule has 5 bridgehead atoms. The molecule has 2 N–H and O–H groups in total. The van der Waals surface area contributed by atoms with E-state index < -0.39 is 60.2 Å². The predicted molar refractivity (Wildman–Crippen MR) is 187 cm³/mol. The van der Waals surface area contributed by atoms with Gasteiger partial charge in [0.1, 0.15) is 29.8 Å². The molecule has 11 heteroatoms. The zero-order chi connectivity index (χ0) is 34.8. The van der Waals surface area contributed by atoms with E-state index in [1.165, 1.54) is 4.90 Å². The topological polar surface area (TPSA) is 125 Å². The molecule has 0 aromatic heterocycles. The van der Waals surface area contributed by atoms with E-state index in [1.54, 1.807) is 23.1 Å². The van der Waals surface area contributed by atoms with Crippen LogP contribution < -0.4 is 5.32 Å². The Morgan fingerprint density at radius 2 is 1.58 bits per heavy atom. The lowest BCUT2D eigenvalue weighted by molar-refractivity contribution is -0.160. The number of amides is 3. The largest absolute Gasteiger partial charge is 0.455 e. The third-order valence-electron chi connectivity index (χ3n) is 10.0. The predicted octanol–water partition coefficient (Wildman–Crippen LogP) is 4.37. The number of aliphatic hydroxyl groups excluding tert-OH is 1. The van der Waals surface area contributed by atoms with Crippen molar-refractivity contribution in [2.45, 2.75) is 49.3 Å². The molecule has 0 aliphatic carbocycles. The van der Waals surface area contributed by atoms with Gasteiger partial charge in [-0.05, 0) is 29.2 Å². The first-order chi connectivity index (χ1) is 24.3. The highest BCUT2D eigenvalue weighted by atomic mass is 79.9. The third kappa shape index (κ3) is 6.18. The number of aliphatic hydroxyl groups is 1. The first-order valence-corrected chi connectivity index (χ1v) is 17.7. The van der Waals surface area contributed by atoms with E-state index in [1.807, 2.05) is 91.0 Å². The number of fused-ring (bicyclic) bond motifs is 2. The molecule has 1 spiro atoms. The van der Waals surface area contributed by atoms with Gasteiger partial charge in [0.15, 0.2) is 0 Å². The molecule has 2 saturated heterocycles. The number of nitrogens with zero attached hydrogens (tertiary/aromatic N) is 2. The summed E-state index contributed by atoms with van der Waals surface area (Å²) in [5.74, 6) is -3.96. The number of rotatable bonds is 6. The van der Waals surface area contributed by atoms with Crippen LogP contribution in [0.3, 0.4) is 0 Å². The van der Waals surface area contributed by atoms with Gasteiger partial charge in [-0.1, -0.05) is 119 Å². The van der Waals surface area contributed by atoms with Gasteiger partial charge < -0.3 is 29.7 Å². The maximum atomic E-state index is 15.1. The number of cyclic esters (lactones) is 1. The minimum Gasteiger partial charge on any atom is -0.455 e. The molecule has 0 radical (unpaired) electrons. The van der Waals surface area contributed by atoms with Crippen LogP contribution >= 0.6 is 15.9 Å². The molecule has 4 aliphatic rings.